The third-order valence-corrected chi connectivity index (χ3v) is 1.30. The lowest BCUT2D eigenvalue weighted by Gasteiger charge is -2.01. The Morgan fingerprint density at radius 1 is 1.80 bits per heavy atom. The van der Waals surface area contributed by atoms with Crippen LogP contribution in [0.1, 0.15) is 31.8 Å². The maximum Gasteiger partial charge on any atom is 0.222 e. The van der Waals surface area contributed by atoms with Gasteiger partial charge in [0.05, 0.1) is 6.20 Å². The summed E-state index contributed by atoms with van der Waals surface area (Å²) in [6.45, 7) is 2.01. The fraction of sp³-hybridized carbons (Fsp3) is 0.571. The average Bonchev–Trinajstić information content (AvgIpc) is 2.38. The van der Waals surface area contributed by atoms with Crippen LogP contribution in [0.5, 0.6) is 0 Å². The topological polar surface area (TPSA) is 46.3 Å². The van der Waals surface area contributed by atoms with E-state index in [4.69, 9.17) is 4.42 Å². The molecule has 10 heavy (non-hydrogen) atoms. The average molecular weight is 141 g/mol. The summed E-state index contributed by atoms with van der Waals surface area (Å²) in [4.78, 5) is 3.82. The number of aliphatic hydroxyl groups is 1. The largest absolute Gasteiger partial charge is 0.446 e. The Labute approximate surface area is 59.7 Å². The van der Waals surface area contributed by atoms with Gasteiger partial charge in [-0.3, -0.25) is 0 Å². The fourth-order valence-corrected chi connectivity index (χ4v) is 0.796. The monoisotopic (exact) mass is 141 g/mol. The summed E-state index contributed by atoms with van der Waals surface area (Å²) in [5.74, 6) is 0.418. The van der Waals surface area contributed by atoms with Gasteiger partial charge in [-0.1, -0.05) is 13.3 Å². The number of aliphatic hydroxyl groups excluding tert-OH is 1. The van der Waals surface area contributed by atoms with Crippen LogP contribution in [0.4, 0.5) is 0 Å². The molecule has 0 aliphatic heterocycles. The van der Waals surface area contributed by atoms with E-state index in [1.165, 1.54) is 12.5 Å². The number of nitrogens with zero attached hydrogens (tertiary/aromatic N) is 1. The van der Waals surface area contributed by atoms with Gasteiger partial charge < -0.3 is 9.52 Å². The molecule has 3 nitrogen and oxygen atoms in total. The minimum absolute atomic E-state index is 0.418. The van der Waals surface area contributed by atoms with Crippen molar-refractivity contribution in [3.63, 3.8) is 0 Å². The van der Waals surface area contributed by atoms with Crippen LogP contribution >= 0.6 is 0 Å². The Morgan fingerprint density at radius 3 is 3.10 bits per heavy atom. The zero-order chi connectivity index (χ0) is 7.40. The molecule has 0 saturated carbocycles. The summed E-state index contributed by atoms with van der Waals surface area (Å²) >= 11 is 0. The molecule has 1 heterocycles. The molecule has 1 atom stereocenters. The molecule has 1 unspecified atom stereocenters. The summed E-state index contributed by atoms with van der Waals surface area (Å²) in [7, 11) is 0. The standard InChI is InChI=1S/C7H11NO2/c1-2-3-6(9)7-8-4-5-10-7/h4-6,9H,2-3H2,1H3. The first-order valence-electron chi connectivity index (χ1n) is 3.42. The van der Waals surface area contributed by atoms with Crippen LogP contribution in [0.3, 0.4) is 0 Å². The van der Waals surface area contributed by atoms with Crippen molar-refractivity contribution >= 4 is 0 Å². The van der Waals surface area contributed by atoms with Crippen molar-refractivity contribution in [2.75, 3.05) is 0 Å². The number of hydrogen-bond acceptors (Lipinski definition) is 3. The van der Waals surface area contributed by atoms with Gasteiger partial charge in [0.15, 0.2) is 0 Å². The van der Waals surface area contributed by atoms with Crippen LogP contribution < -0.4 is 0 Å². The SMILES string of the molecule is CCCC(O)c1ncco1. The lowest BCUT2D eigenvalue weighted by molar-refractivity contribution is 0.133. The minimum Gasteiger partial charge on any atom is -0.446 e. The fourth-order valence-electron chi connectivity index (χ4n) is 0.796. The van der Waals surface area contributed by atoms with Crippen LogP contribution in [0, 0.1) is 0 Å². The summed E-state index contributed by atoms with van der Waals surface area (Å²) < 4.78 is 4.89. The predicted octanol–water partition coefficient (Wildman–Crippen LogP) is 1.51. The molecule has 0 fully saturated rings. The molecular weight excluding hydrogens is 130 g/mol. The first kappa shape index (κ1) is 7.28. The molecule has 0 aromatic carbocycles. The summed E-state index contributed by atoms with van der Waals surface area (Å²) in [5.41, 5.74) is 0. The lowest BCUT2D eigenvalue weighted by Crippen LogP contribution is -1.95. The Kier molecular flexibility index (Phi) is 2.45. The van der Waals surface area contributed by atoms with E-state index >= 15 is 0 Å². The highest BCUT2D eigenvalue weighted by molar-refractivity contribution is 4.84. The Bertz CT molecular complexity index is 172. The molecule has 1 aromatic rings. The molecule has 0 radical (unpaired) electrons. The molecule has 3 heteroatoms. The second-order valence-corrected chi connectivity index (χ2v) is 2.17. The highest BCUT2D eigenvalue weighted by atomic mass is 16.4. The third kappa shape index (κ3) is 1.57. The highest BCUT2D eigenvalue weighted by Gasteiger charge is 2.09. The molecule has 0 aliphatic rings. The lowest BCUT2D eigenvalue weighted by atomic mass is 10.2. The zero-order valence-electron chi connectivity index (χ0n) is 5.95. The van der Waals surface area contributed by atoms with E-state index < -0.39 is 6.10 Å². The maximum absolute atomic E-state index is 9.25. The first-order valence-corrected chi connectivity index (χ1v) is 3.42. The summed E-state index contributed by atoms with van der Waals surface area (Å²) in [5, 5.41) is 9.25. The second kappa shape index (κ2) is 3.37. The second-order valence-electron chi connectivity index (χ2n) is 2.17. The highest BCUT2D eigenvalue weighted by Crippen LogP contribution is 2.14. The Hall–Kier alpha value is -0.830. The van der Waals surface area contributed by atoms with Crippen LogP contribution in [0.15, 0.2) is 16.9 Å². The van der Waals surface area contributed by atoms with E-state index in [0.29, 0.717) is 12.3 Å². The molecule has 0 amide bonds. The molecule has 1 aromatic heterocycles. The van der Waals surface area contributed by atoms with E-state index in [2.05, 4.69) is 4.98 Å². The van der Waals surface area contributed by atoms with Crippen molar-refractivity contribution in [3.05, 3.63) is 18.4 Å². The number of rotatable bonds is 3. The number of oxazole rings is 1. The van der Waals surface area contributed by atoms with Gasteiger partial charge >= 0.3 is 0 Å². The summed E-state index contributed by atoms with van der Waals surface area (Å²) in [6.07, 6.45) is 4.12. The summed E-state index contributed by atoms with van der Waals surface area (Å²) in [6, 6.07) is 0. The molecule has 1 N–H and O–H groups in total. The predicted molar refractivity (Wildman–Crippen MR) is 36.4 cm³/mol. The Balaban J connectivity index is 2.50. The molecule has 1 rings (SSSR count). The van der Waals surface area contributed by atoms with Crippen LogP contribution in [0.25, 0.3) is 0 Å². The van der Waals surface area contributed by atoms with Crippen molar-refractivity contribution in [3.8, 4) is 0 Å². The smallest absolute Gasteiger partial charge is 0.222 e. The van der Waals surface area contributed by atoms with Crippen molar-refractivity contribution in [2.45, 2.75) is 25.9 Å². The molecule has 0 bridgehead atoms. The molecule has 0 aliphatic carbocycles. The molecule has 0 spiro atoms. The van der Waals surface area contributed by atoms with Gasteiger partial charge in [-0.05, 0) is 6.42 Å². The van der Waals surface area contributed by atoms with Gasteiger partial charge in [-0.15, -0.1) is 0 Å². The van der Waals surface area contributed by atoms with E-state index in [9.17, 15) is 5.11 Å². The van der Waals surface area contributed by atoms with Crippen molar-refractivity contribution in [1.29, 1.82) is 0 Å². The molecule has 0 saturated heterocycles. The van der Waals surface area contributed by atoms with Crippen LogP contribution in [-0.2, 0) is 0 Å². The van der Waals surface area contributed by atoms with Gasteiger partial charge in [0, 0.05) is 0 Å². The van der Waals surface area contributed by atoms with E-state index in [1.54, 1.807) is 0 Å². The molecule has 56 valence electrons. The van der Waals surface area contributed by atoms with Gasteiger partial charge in [0.2, 0.25) is 5.89 Å². The molecular formula is C7H11NO2. The maximum atomic E-state index is 9.25. The normalized spacial score (nSPS) is 13.4. The van der Waals surface area contributed by atoms with Gasteiger partial charge in [-0.25, -0.2) is 4.98 Å². The van der Waals surface area contributed by atoms with Gasteiger partial charge in [0.25, 0.3) is 0 Å². The van der Waals surface area contributed by atoms with Crippen molar-refractivity contribution in [2.24, 2.45) is 0 Å². The van der Waals surface area contributed by atoms with Crippen LogP contribution in [0.2, 0.25) is 0 Å². The number of aromatic nitrogens is 1. The van der Waals surface area contributed by atoms with E-state index in [0.717, 1.165) is 6.42 Å². The van der Waals surface area contributed by atoms with Gasteiger partial charge in [0.1, 0.15) is 12.4 Å². The van der Waals surface area contributed by atoms with Crippen molar-refractivity contribution < 1.29 is 9.52 Å². The quantitative estimate of drug-likeness (QED) is 0.694. The zero-order valence-corrected chi connectivity index (χ0v) is 5.95. The minimum atomic E-state index is -0.528. The van der Waals surface area contributed by atoms with Crippen LogP contribution in [-0.4, -0.2) is 10.1 Å². The third-order valence-electron chi connectivity index (χ3n) is 1.30. The van der Waals surface area contributed by atoms with Crippen molar-refractivity contribution in [1.82, 2.24) is 4.98 Å². The number of hydrogen-bond donors (Lipinski definition) is 1. The van der Waals surface area contributed by atoms with E-state index in [-0.39, 0.29) is 0 Å². The van der Waals surface area contributed by atoms with Gasteiger partial charge in [-0.2, -0.15) is 0 Å². The first-order chi connectivity index (χ1) is 4.84. The Morgan fingerprint density at radius 2 is 2.60 bits per heavy atom. The van der Waals surface area contributed by atoms with E-state index in [1.807, 2.05) is 6.92 Å².